The van der Waals surface area contributed by atoms with E-state index < -0.39 is 41.7 Å². The Morgan fingerprint density at radius 2 is 0.867 bits per heavy atom. The second-order valence-corrected chi connectivity index (χ2v) is 27.8. The number of para-hydroxylation sites is 5. The van der Waals surface area contributed by atoms with Crippen LogP contribution in [0.1, 0.15) is 112 Å². The van der Waals surface area contributed by atoms with Crippen LogP contribution < -0.4 is 26.0 Å². The summed E-state index contributed by atoms with van der Waals surface area (Å²) in [6.07, 6.45) is 0. The average Bonchev–Trinajstić information content (AvgIpc) is 0.729. The summed E-state index contributed by atoms with van der Waals surface area (Å²) in [5.74, 6) is 1.52. The summed E-state index contributed by atoms with van der Waals surface area (Å²) >= 11 is 0. The first-order chi connectivity index (χ1) is 46.9. The van der Waals surface area contributed by atoms with Crippen LogP contribution >= 0.6 is 0 Å². The predicted octanol–water partition coefficient (Wildman–Crippen LogP) is 20.2. The molecule has 5 heterocycles. The van der Waals surface area contributed by atoms with Gasteiger partial charge in [-0.15, -0.1) is 0 Å². The number of aromatic nitrogens is 2. The second kappa shape index (κ2) is 19.5. The lowest BCUT2D eigenvalue weighted by molar-refractivity contribution is 0.435. The lowest BCUT2D eigenvalue weighted by Gasteiger charge is -2.51. The van der Waals surface area contributed by atoms with Gasteiger partial charge in [0.05, 0.1) is 44.1 Å². The third kappa shape index (κ3) is 7.87. The molecule has 4 nitrogen and oxygen atoms in total. The molecule has 0 unspecified atom stereocenters. The minimum atomic E-state index is -1.02. The Kier molecular flexibility index (Phi) is 9.96. The van der Waals surface area contributed by atoms with E-state index in [-0.39, 0.29) is 56.8 Å². The van der Waals surface area contributed by atoms with E-state index in [0.29, 0.717) is 5.69 Å². The van der Waals surface area contributed by atoms with E-state index in [4.69, 9.17) is 7.48 Å². The fraction of sp³-hybridized carbons (Fsp3) is 0.153. The molecule has 0 N–H and O–H groups in total. The van der Waals surface area contributed by atoms with Crippen LogP contribution in [0.25, 0.3) is 77.2 Å². The normalized spacial score (nSPS) is 15.2. The minimum absolute atomic E-state index is 0.0186. The summed E-state index contributed by atoms with van der Waals surface area (Å²) < 4.78 is 86.0. The molecule has 0 saturated heterocycles. The molecular weight excluding hydrogens is 1090 g/mol. The lowest BCUT2D eigenvalue weighted by Crippen LogP contribution is -2.65. The number of anilines is 3. The van der Waals surface area contributed by atoms with Gasteiger partial charge in [0.1, 0.15) is 11.5 Å². The topological polar surface area (TPSA) is 22.3 Å². The first-order valence-electron chi connectivity index (χ1n) is 35.4. The zero-order valence-corrected chi connectivity index (χ0v) is 52.0. The van der Waals surface area contributed by atoms with Crippen LogP contribution in [0.3, 0.4) is 0 Å². The predicted molar refractivity (Wildman–Crippen MR) is 380 cm³/mol. The first-order valence-corrected chi connectivity index (χ1v) is 31.4. The fourth-order valence-corrected chi connectivity index (χ4v) is 15.2. The summed E-state index contributed by atoms with van der Waals surface area (Å²) in [5.41, 5.74) is 19.6. The van der Waals surface area contributed by atoms with Crippen molar-refractivity contribution >= 4 is 83.8 Å². The zero-order chi connectivity index (χ0) is 68.1. The van der Waals surface area contributed by atoms with Crippen molar-refractivity contribution in [1.82, 2.24) is 9.13 Å². The van der Waals surface area contributed by atoms with Crippen LogP contribution in [0.5, 0.6) is 11.5 Å². The highest BCUT2D eigenvalue weighted by Crippen LogP contribution is 2.59. The number of benzene rings is 12. The molecule has 0 fully saturated rings. The van der Waals surface area contributed by atoms with Gasteiger partial charge in [-0.2, -0.15) is 0 Å². The number of fused-ring (bicyclic) bond motifs is 16. The van der Waals surface area contributed by atoms with Crippen LogP contribution in [-0.4, -0.2) is 15.8 Å². The van der Waals surface area contributed by atoms with E-state index >= 15 is 0 Å². The van der Waals surface area contributed by atoms with Gasteiger partial charge in [0.25, 0.3) is 0 Å². The van der Waals surface area contributed by atoms with E-state index in [0.717, 1.165) is 112 Å². The molecule has 12 aromatic carbocycles. The van der Waals surface area contributed by atoms with Gasteiger partial charge in [-0.25, -0.2) is 0 Å². The smallest absolute Gasteiger partial charge is 0.247 e. The van der Waals surface area contributed by atoms with Crippen molar-refractivity contribution in [2.45, 2.75) is 84.0 Å². The Balaban J connectivity index is 1.07. The third-order valence-electron chi connectivity index (χ3n) is 19.6. The van der Waals surface area contributed by atoms with Crippen molar-refractivity contribution in [2.75, 3.05) is 4.90 Å². The molecule has 14 aromatic rings. The first kappa shape index (κ1) is 46.1. The molecule has 17 rings (SSSR count). The van der Waals surface area contributed by atoms with Gasteiger partial charge in [-0.05, 0) is 145 Å². The fourth-order valence-electron chi connectivity index (χ4n) is 15.2. The SMILES string of the molecule is [2H]c1c([2H])c([2H])c2c(c1[2H])c1c([2H])c([2H])c([2H])c([2H])c1n2-c1ccc2c(c1)N(c1c(-c3ccccc3)cccc1-c1ccccc1)c1cc(C(C)(C)C)cc3c1B2c1ccc(-n2c4ccc(C(C)(C)C)cc4c4cc(C(C)(C)C)ccc42)cc1C31c2ccccc2Oc2ccccc21. The Morgan fingerprint density at radius 3 is 1.41 bits per heavy atom. The molecule has 90 heavy (non-hydrogen) atoms. The number of nitrogens with zero attached hydrogens (tertiary/aromatic N) is 3. The second-order valence-electron chi connectivity index (χ2n) is 27.8. The number of ether oxygens (including phenoxy) is 1. The maximum absolute atomic E-state index is 9.73. The Morgan fingerprint density at radius 1 is 0.378 bits per heavy atom. The summed E-state index contributed by atoms with van der Waals surface area (Å²) in [6.45, 7) is 20.1. The van der Waals surface area contributed by atoms with Crippen LogP contribution in [0.15, 0.2) is 261 Å². The van der Waals surface area contributed by atoms with E-state index in [2.05, 4.69) is 266 Å². The molecule has 0 bridgehead atoms. The molecule has 5 heteroatoms. The number of hydrogen-bond acceptors (Lipinski definition) is 2. The summed E-state index contributed by atoms with van der Waals surface area (Å²) in [6, 6.07) is 73.4. The molecular formula is C85H70BN3O. The highest BCUT2D eigenvalue weighted by atomic mass is 16.5. The Hall–Kier alpha value is -10.1. The van der Waals surface area contributed by atoms with E-state index in [9.17, 15) is 8.22 Å². The highest BCUT2D eigenvalue weighted by molar-refractivity contribution is 6.99. The monoisotopic (exact) mass is 1170 g/mol. The molecule has 1 spiro atoms. The Labute approximate surface area is 539 Å². The summed E-state index contributed by atoms with van der Waals surface area (Å²) in [7, 11) is 0. The minimum Gasteiger partial charge on any atom is -0.457 e. The third-order valence-corrected chi connectivity index (χ3v) is 19.6. The maximum Gasteiger partial charge on any atom is 0.247 e. The summed E-state index contributed by atoms with van der Waals surface area (Å²) in [4.78, 5) is 2.44. The van der Waals surface area contributed by atoms with Crippen molar-refractivity contribution in [3.8, 4) is 45.1 Å². The number of rotatable bonds is 5. The average molecular weight is 1170 g/mol. The van der Waals surface area contributed by atoms with Crippen molar-refractivity contribution < 1.29 is 15.7 Å². The standard InChI is InChI=1S/C85H70BN3O/c1-82(2,3)55-39-45-74-64(47-55)65-48-56(83(4,5)6)40-46-75(65)87(74)58-41-43-70-68(51-58)85(66-33-18-22-37-78(66)90-79-38-23-19-34-67(79)85)69-49-57(84(7,8)9)50-77-80(69)86(70)71-44-42-59(88-72-35-20-16-29-62(72)63-30-17-21-36-73(63)88)52-76(71)89(77)81-60(53-25-12-10-13-26-53)31-24-32-61(81)54-27-14-11-15-28-54/h10-52H,1-9H3/i16D,17D,20D,21D,29D,30D,35D,36D. The van der Waals surface area contributed by atoms with Crippen molar-refractivity contribution in [3.63, 3.8) is 0 Å². The van der Waals surface area contributed by atoms with Crippen LogP contribution in [0.2, 0.25) is 0 Å². The van der Waals surface area contributed by atoms with Crippen molar-refractivity contribution in [2.24, 2.45) is 0 Å². The Bertz CT molecular complexity index is 5540. The summed E-state index contributed by atoms with van der Waals surface area (Å²) in [5, 5.41) is 2.42. The molecule has 3 aliphatic heterocycles. The van der Waals surface area contributed by atoms with Gasteiger partial charge in [0.15, 0.2) is 0 Å². The van der Waals surface area contributed by atoms with Crippen LogP contribution in [0.4, 0.5) is 17.1 Å². The van der Waals surface area contributed by atoms with E-state index in [1.54, 1.807) is 4.57 Å². The van der Waals surface area contributed by atoms with Gasteiger partial charge in [-0.3, -0.25) is 0 Å². The molecule has 2 aromatic heterocycles. The molecule has 0 radical (unpaired) electrons. The van der Waals surface area contributed by atoms with Gasteiger partial charge in [0.2, 0.25) is 6.71 Å². The molecule has 434 valence electrons. The molecule has 0 aliphatic carbocycles. The van der Waals surface area contributed by atoms with Gasteiger partial charge >= 0.3 is 0 Å². The maximum atomic E-state index is 9.73. The molecule has 0 amide bonds. The molecule has 3 aliphatic rings. The van der Waals surface area contributed by atoms with Crippen LogP contribution in [-0.2, 0) is 21.7 Å². The van der Waals surface area contributed by atoms with Gasteiger partial charge in [0, 0.05) is 66.5 Å². The number of hydrogen-bond donors (Lipinski definition) is 0. The van der Waals surface area contributed by atoms with Crippen LogP contribution in [0, 0.1) is 0 Å². The van der Waals surface area contributed by atoms with E-state index in [1.165, 1.54) is 21.9 Å². The van der Waals surface area contributed by atoms with Crippen molar-refractivity contribution in [1.29, 1.82) is 0 Å². The van der Waals surface area contributed by atoms with Gasteiger partial charge in [-0.1, -0.05) is 250 Å². The molecule has 0 saturated carbocycles. The zero-order valence-electron chi connectivity index (χ0n) is 60.0. The largest absolute Gasteiger partial charge is 0.457 e. The van der Waals surface area contributed by atoms with Crippen molar-refractivity contribution in [3.05, 3.63) is 300 Å². The van der Waals surface area contributed by atoms with Gasteiger partial charge < -0.3 is 18.8 Å². The quantitative estimate of drug-likeness (QED) is 0.160. The molecule has 0 atom stereocenters. The van der Waals surface area contributed by atoms with E-state index in [1.807, 2.05) is 18.2 Å². The lowest BCUT2D eigenvalue weighted by atomic mass is 9.29. The highest BCUT2D eigenvalue weighted by Gasteiger charge is 2.55.